The molecule has 166 valence electrons. The van der Waals surface area contributed by atoms with Crippen molar-refractivity contribution in [1.82, 2.24) is 19.5 Å². The summed E-state index contributed by atoms with van der Waals surface area (Å²) in [7, 11) is 3.18. The third kappa shape index (κ3) is 4.56. The van der Waals surface area contributed by atoms with Gasteiger partial charge in [0.1, 0.15) is 17.0 Å². The van der Waals surface area contributed by atoms with Crippen molar-refractivity contribution in [2.45, 2.75) is 22.7 Å². The quantitative estimate of drug-likeness (QED) is 0.352. The highest BCUT2D eigenvalue weighted by Gasteiger charge is 2.17. The predicted octanol–water partition coefficient (Wildman–Crippen LogP) is 4.45. The predicted molar refractivity (Wildman–Crippen MR) is 123 cm³/mol. The van der Waals surface area contributed by atoms with Gasteiger partial charge in [0.25, 0.3) is 0 Å². The van der Waals surface area contributed by atoms with Crippen molar-refractivity contribution in [3.05, 3.63) is 63.8 Å². The molecule has 0 aliphatic rings. The largest absolute Gasteiger partial charge is 0.497 e. The van der Waals surface area contributed by atoms with Crippen LogP contribution in [-0.4, -0.2) is 38.8 Å². The zero-order chi connectivity index (χ0) is 22.8. The highest BCUT2D eigenvalue weighted by molar-refractivity contribution is 7.99. The van der Waals surface area contributed by atoms with Gasteiger partial charge in [-0.25, -0.2) is 9.97 Å². The summed E-state index contributed by atoms with van der Waals surface area (Å²) in [5.74, 6) is 1.35. The number of H-pyrrole nitrogens is 1. The number of aliphatic hydroxyl groups excluding tert-OH is 1. The van der Waals surface area contributed by atoms with Gasteiger partial charge in [-0.05, 0) is 42.1 Å². The van der Waals surface area contributed by atoms with Gasteiger partial charge in [0.05, 0.1) is 38.1 Å². The van der Waals surface area contributed by atoms with E-state index in [0.717, 1.165) is 4.90 Å². The average Bonchev–Trinajstić information content (AvgIpc) is 3.20. The highest BCUT2D eigenvalue weighted by Crippen LogP contribution is 2.36. The van der Waals surface area contributed by atoms with Gasteiger partial charge in [-0.2, -0.15) is 0 Å². The number of hydrogen-bond acceptors (Lipinski definition) is 7. The molecule has 32 heavy (non-hydrogen) atoms. The van der Waals surface area contributed by atoms with Crippen LogP contribution in [0.2, 0.25) is 10.0 Å². The molecule has 8 nitrogen and oxygen atoms in total. The van der Waals surface area contributed by atoms with E-state index in [4.69, 9.17) is 38.1 Å². The summed E-state index contributed by atoms with van der Waals surface area (Å²) in [6.45, 7) is 0.141. The zero-order valence-corrected chi connectivity index (χ0v) is 19.4. The lowest BCUT2D eigenvalue weighted by Crippen LogP contribution is -2.16. The number of halogens is 2. The van der Waals surface area contributed by atoms with E-state index in [0.29, 0.717) is 43.4 Å². The highest BCUT2D eigenvalue weighted by atomic mass is 35.5. The summed E-state index contributed by atoms with van der Waals surface area (Å²) in [5.41, 5.74) is 1.52. The Morgan fingerprint density at radius 1 is 1.19 bits per heavy atom. The molecule has 3 N–H and O–H groups in total. The van der Waals surface area contributed by atoms with Crippen molar-refractivity contribution in [3.63, 3.8) is 0 Å². The summed E-state index contributed by atoms with van der Waals surface area (Å²) >= 11 is 13.5. The minimum atomic E-state index is -0.919. The Labute approximate surface area is 197 Å². The standard InChI is InChI=1S/C21H19Cl2N5O3S/c1-30-12-4-6-16(31-2)17(8-12)32-21-26-18-19(24)25-10-28(20(18)27-21)9-15(29)13-5-3-11(22)7-14(13)23/h3-8,10,15,24,29H,9H2,1-2H3,(H,26,27). The second kappa shape index (κ2) is 9.41. The van der Waals surface area contributed by atoms with Crippen LogP contribution in [0, 0.1) is 5.41 Å². The lowest BCUT2D eigenvalue weighted by Gasteiger charge is -2.15. The van der Waals surface area contributed by atoms with Crippen LogP contribution in [0.15, 0.2) is 52.8 Å². The molecule has 1 atom stereocenters. The fraction of sp³-hybridized carbons (Fsp3) is 0.190. The topological polar surface area (TPSA) is 109 Å². The SMILES string of the molecule is COc1ccc(OC)c(Sc2nc3c([nH]2)c(=N)ncn3CC(O)c2ccc(Cl)cc2Cl)c1. The van der Waals surface area contributed by atoms with Crippen molar-refractivity contribution < 1.29 is 14.6 Å². The molecule has 0 saturated heterocycles. The summed E-state index contributed by atoms with van der Waals surface area (Å²) < 4.78 is 12.4. The van der Waals surface area contributed by atoms with Gasteiger partial charge in [-0.3, -0.25) is 5.41 Å². The van der Waals surface area contributed by atoms with Gasteiger partial charge in [-0.15, -0.1) is 0 Å². The number of rotatable bonds is 7. The molecule has 4 aromatic rings. The summed E-state index contributed by atoms with van der Waals surface area (Å²) in [4.78, 5) is 12.7. The Balaban J connectivity index is 1.68. The van der Waals surface area contributed by atoms with Crippen LogP contribution in [0.25, 0.3) is 11.2 Å². The van der Waals surface area contributed by atoms with Crippen LogP contribution in [0.5, 0.6) is 11.5 Å². The molecule has 1 unspecified atom stereocenters. The van der Waals surface area contributed by atoms with Gasteiger partial charge in [0.15, 0.2) is 16.3 Å². The smallest absolute Gasteiger partial charge is 0.173 e. The van der Waals surface area contributed by atoms with Crippen molar-refractivity contribution in [3.8, 4) is 11.5 Å². The Morgan fingerprint density at radius 3 is 2.72 bits per heavy atom. The summed E-state index contributed by atoms with van der Waals surface area (Å²) in [6, 6.07) is 10.4. The number of ether oxygens (including phenoxy) is 2. The fourth-order valence-corrected chi connectivity index (χ4v) is 4.62. The fourth-order valence-electron chi connectivity index (χ4n) is 3.17. The number of aliphatic hydroxyl groups is 1. The molecule has 2 aromatic heterocycles. The minimum Gasteiger partial charge on any atom is -0.497 e. The Bertz CT molecular complexity index is 1340. The number of aromatic amines is 1. The monoisotopic (exact) mass is 491 g/mol. The number of aromatic nitrogens is 4. The van der Waals surface area contributed by atoms with E-state index in [1.165, 1.54) is 18.1 Å². The van der Waals surface area contributed by atoms with E-state index in [2.05, 4.69) is 15.0 Å². The van der Waals surface area contributed by atoms with E-state index >= 15 is 0 Å². The first-order valence-electron chi connectivity index (χ1n) is 9.42. The molecule has 2 heterocycles. The number of nitrogens with one attached hydrogen (secondary N) is 2. The number of nitrogens with zero attached hydrogens (tertiary/aromatic N) is 3. The van der Waals surface area contributed by atoms with Crippen molar-refractivity contribution in [2.75, 3.05) is 14.2 Å². The maximum absolute atomic E-state index is 10.7. The molecule has 0 radical (unpaired) electrons. The van der Waals surface area contributed by atoms with Crippen molar-refractivity contribution in [2.24, 2.45) is 0 Å². The Kier molecular flexibility index (Phi) is 6.61. The third-order valence-electron chi connectivity index (χ3n) is 4.77. The van der Waals surface area contributed by atoms with Crippen LogP contribution in [0.4, 0.5) is 0 Å². The summed E-state index contributed by atoms with van der Waals surface area (Å²) in [5, 5.41) is 20.3. The van der Waals surface area contributed by atoms with Crippen LogP contribution >= 0.6 is 35.0 Å². The van der Waals surface area contributed by atoms with E-state index in [1.807, 2.05) is 18.2 Å². The maximum atomic E-state index is 10.7. The van der Waals surface area contributed by atoms with Crippen LogP contribution in [0.1, 0.15) is 11.7 Å². The molecule has 0 aliphatic heterocycles. The van der Waals surface area contributed by atoms with Crippen molar-refractivity contribution in [1.29, 1.82) is 5.41 Å². The molecule has 11 heteroatoms. The van der Waals surface area contributed by atoms with Gasteiger partial charge < -0.3 is 24.1 Å². The molecule has 0 aliphatic carbocycles. The van der Waals surface area contributed by atoms with Gasteiger partial charge in [0.2, 0.25) is 0 Å². The molecule has 0 bridgehead atoms. The number of hydrogen-bond donors (Lipinski definition) is 3. The van der Waals surface area contributed by atoms with E-state index < -0.39 is 6.10 Å². The Morgan fingerprint density at radius 2 is 2.00 bits per heavy atom. The van der Waals surface area contributed by atoms with Crippen molar-refractivity contribution >= 4 is 46.1 Å². The lowest BCUT2D eigenvalue weighted by molar-refractivity contribution is 0.157. The molecule has 0 fully saturated rings. The minimum absolute atomic E-state index is 0.0484. The normalized spacial score (nSPS) is 12.2. The molecular formula is C21H19Cl2N5O3S. The molecule has 2 aromatic carbocycles. The van der Waals surface area contributed by atoms with Crippen LogP contribution < -0.4 is 15.0 Å². The van der Waals surface area contributed by atoms with E-state index in [1.54, 1.807) is 37.0 Å². The number of fused-ring (bicyclic) bond motifs is 1. The number of benzene rings is 2. The van der Waals surface area contributed by atoms with Crippen LogP contribution in [0.3, 0.4) is 0 Å². The first-order chi connectivity index (χ1) is 15.4. The maximum Gasteiger partial charge on any atom is 0.173 e. The molecular weight excluding hydrogens is 473 g/mol. The second-order valence-corrected chi connectivity index (χ2v) is 8.66. The number of methoxy groups -OCH3 is 2. The average molecular weight is 492 g/mol. The second-order valence-electron chi connectivity index (χ2n) is 6.79. The molecule has 0 spiro atoms. The summed E-state index contributed by atoms with van der Waals surface area (Å²) in [6.07, 6.45) is 0.552. The molecule has 0 saturated carbocycles. The molecule has 0 amide bonds. The first kappa shape index (κ1) is 22.5. The Hall–Kier alpha value is -2.72. The lowest BCUT2D eigenvalue weighted by atomic mass is 10.1. The first-order valence-corrected chi connectivity index (χ1v) is 11.0. The van der Waals surface area contributed by atoms with Gasteiger partial charge in [-0.1, -0.05) is 29.3 Å². The van der Waals surface area contributed by atoms with E-state index in [-0.39, 0.29) is 12.0 Å². The van der Waals surface area contributed by atoms with Gasteiger partial charge in [0, 0.05) is 15.6 Å². The number of imidazole rings is 1. The third-order valence-corrected chi connectivity index (χ3v) is 6.25. The zero-order valence-electron chi connectivity index (χ0n) is 17.1. The van der Waals surface area contributed by atoms with Gasteiger partial charge >= 0.3 is 0 Å². The van der Waals surface area contributed by atoms with Crippen LogP contribution in [-0.2, 0) is 6.54 Å². The molecule has 4 rings (SSSR count). The van der Waals surface area contributed by atoms with E-state index in [9.17, 15) is 5.11 Å².